The van der Waals surface area contributed by atoms with Gasteiger partial charge in [0, 0.05) is 6.54 Å². The van der Waals surface area contributed by atoms with Crippen LogP contribution in [0.4, 0.5) is 0 Å². The van der Waals surface area contributed by atoms with Gasteiger partial charge in [-0.3, -0.25) is 0 Å². The van der Waals surface area contributed by atoms with Crippen LogP contribution in [0.25, 0.3) is 0 Å². The largest absolute Gasteiger partial charge is 0.478 e. The number of hydrogen-bond donors (Lipinski definition) is 2. The van der Waals surface area contributed by atoms with Crippen LogP contribution < -0.4 is 10.5 Å². The maximum atomic E-state index is 5.62. The van der Waals surface area contributed by atoms with Crippen LogP contribution in [0.3, 0.4) is 0 Å². The van der Waals surface area contributed by atoms with E-state index < -0.39 is 0 Å². The highest BCUT2D eigenvalue weighted by atomic mass is 32.2. The molecule has 0 spiro atoms. The van der Waals surface area contributed by atoms with Crippen molar-refractivity contribution in [1.82, 2.24) is 9.97 Å². The van der Waals surface area contributed by atoms with Gasteiger partial charge in [-0.2, -0.15) is 11.8 Å². The van der Waals surface area contributed by atoms with Crippen LogP contribution in [0.5, 0.6) is 5.88 Å². The second-order valence-corrected chi connectivity index (χ2v) is 4.34. The number of aromatic nitrogens is 2. The Morgan fingerprint density at radius 3 is 3.07 bits per heavy atom. The Hall–Kier alpha value is -0.680. The minimum absolute atomic E-state index is 0.230. The van der Waals surface area contributed by atoms with Crippen molar-refractivity contribution in [1.29, 1.82) is 0 Å². The second kappa shape index (κ2) is 6.74. The molecule has 1 unspecified atom stereocenters. The van der Waals surface area contributed by atoms with E-state index in [1.807, 2.05) is 6.26 Å². The molecule has 1 heterocycles. The summed E-state index contributed by atoms with van der Waals surface area (Å²) in [6.45, 7) is 3.47. The summed E-state index contributed by atoms with van der Waals surface area (Å²) in [5, 5.41) is 0.230. The van der Waals surface area contributed by atoms with E-state index >= 15 is 0 Å². The molecular weight excluding hydrogens is 210 g/mol. The summed E-state index contributed by atoms with van der Waals surface area (Å²) in [6.07, 6.45) is 5.95. The fraction of sp³-hybridized carbons (Fsp3) is 0.700. The fourth-order valence-electron chi connectivity index (χ4n) is 1.20. The zero-order valence-electron chi connectivity index (χ0n) is 9.32. The third-order valence-electron chi connectivity index (χ3n) is 2.13. The molecule has 0 saturated heterocycles. The maximum absolute atomic E-state index is 5.62. The number of ether oxygens (including phenoxy) is 1. The molecule has 1 aromatic rings. The molecule has 3 N–H and O–H groups in total. The van der Waals surface area contributed by atoms with Gasteiger partial charge in [0.25, 0.3) is 0 Å². The van der Waals surface area contributed by atoms with Crippen molar-refractivity contribution in [2.24, 2.45) is 5.73 Å². The average Bonchev–Trinajstić information content (AvgIpc) is 2.69. The van der Waals surface area contributed by atoms with Crippen molar-refractivity contribution in [2.45, 2.75) is 25.0 Å². The fourth-order valence-corrected chi connectivity index (χ4v) is 1.74. The number of imidazole rings is 1. The Bertz CT molecular complexity index is 273. The lowest BCUT2D eigenvalue weighted by Gasteiger charge is -2.07. The van der Waals surface area contributed by atoms with Gasteiger partial charge < -0.3 is 15.5 Å². The van der Waals surface area contributed by atoms with Gasteiger partial charge in [0.2, 0.25) is 5.88 Å². The lowest BCUT2D eigenvalue weighted by molar-refractivity contribution is 0.299. The Morgan fingerprint density at radius 2 is 2.47 bits per heavy atom. The number of H-pyrrole nitrogens is 1. The van der Waals surface area contributed by atoms with Gasteiger partial charge in [0.1, 0.15) is 5.82 Å². The molecule has 15 heavy (non-hydrogen) atoms. The molecule has 1 aromatic heterocycles. The molecule has 0 bridgehead atoms. The zero-order valence-corrected chi connectivity index (χ0v) is 10.1. The molecular formula is C10H19N3OS. The Labute approximate surface area is 95.0 Å². The van der Waals surface area contributed by atoms with Crippen LogP contribution in [-0.4, -0.2) is 29.4 Å². The molecule has 0 amide bonds. The van der Waals surface area contributed by atoms with E-state index in [4.69, 9.17) is 10.5 Å². The highest BCUT2D eigenvalue weighted by molar-refractivity contribution is 7.98. The van der Waals surface area contributed by atoms with Gasteiger partial charge in [0.05, 0.1) is 18.1 Å². The van der Waals surface area contributed by atoms with Crippen LogP contribution in [0.1, 0.15) is 30.8 Å². The molecule has 0 aliphatic rings. The third kappa shape index (κ3) is 3.76. The molecule has 0 aliphatic carbocycles. The predicted octanol–water partition coefficient (Wildman–Crippen LogP) is 1.95. The van der Waals surface area contributed by atoms with E-state index in [2.05, 4.69) is 16.9 Å². The Balaban J connectivity index is 2.47. The van der Waals surface area contributed by atoms with Crippen molar-refractivity contribution in [2.75, 3.05) is 19.4 Å². The number of aromatic amines is 1. The molecule has 0 saturated carbocycles. The van der Waals surface area contributed by atoms with Crippen molar-refractivity contribution in [3.63, 3.8) is 0 Å². The van der Waals surface area contributed by atoms with E-state index in [-0.39, 0.29) is 5.25 Å². The van der Waals surface area contributed by atoms with Gasteiger partial charge in [-0.05, 0) is 12.7 Å². The maximum Gasteiger partial charge on any atom is 0.211 e. The summed E-state index contributed by atoms with van der Waals surface area (Å²) in [5.41, 5.74) is 5.62. The number of thioether (sulfide) groups is 1. The van der Waals surface area contributed by atoms with E-state index in [0.29, 0.717) is 6.54 Å². The summed E-state index contributed by atoms with van der Waals surface area (Å²) in [4.78, 5) is 7.40. The van der Waals surface area contributed by atoms with Crippen molar-refractivity contribution < 1.29 is 4.74 Å². The van der Waals surface area contributed by atoms with Gasteiger partial charge in [-0.25, -0.2) is 4.98 Å². The number of nitrogens with zero attached hydrogens (tertiary/aromatic N) is 1. The van der Waals surface area contributed by atoms with Crippen LogP contribution in [0.15, 0.2) is 6.20 Å². The summed E-state index contributed by atoms with van der Waals surface area (Å²) in [7, 11) is 0. The van der Waals surface area contributed by atoms with Crippen molar-refractivity contribution in [3.8, 4) is 5.88 Å². The number of nitrogens with one attached hydrogen (secondary N) is 1. The van der Waals surface area contributed by atoms with E-state index in [0.717, 1.165) is 31.2 Å². The zero-order chi connectivity index (χ0) is 11.1. The van der Waals surface area contributed by atoms with E-state index in [1.54, 1.807) is 18.0 Å². The SMILES string of the molecule is CCCCOc1cnc(C(CN)SC)[nH]1. The molecule has 5 heteroatoms. The molecule has 4 nitrogen and oxygen atoms in total. The monoisotopic (exact) mass is 229 g/mol. The second-order valence-electron chi connectivity index (χ2n) is 3.29. The van der Waals surface area contributed by atoms with Crippen LogP contribution in [-0.2, 0) is 0 Å². The first-order valence-corrected chi connectivity index (χ1v) is 6.51. The predicted molar refractivity (Wildman–Crippen MR) is 64.3 cm³/mol. The standard InChI is InChI=1S/C10H19N3OS/c1-3-4-5-14-9-7-12-10(13-9)8(6-11)15-2/h7-8H,3-6,11H2,1-2H3,(H,12,13). The first-order valence-electron chi connectivity index (χ1n) is 5.22. The van der Waals surface area contributed by atoms with Gasteiger partial charge in [-0.15, -0.1) is 0 Å². The highest BCUT2D eigenvalue weighted by Gasteiger charge is 2.11. The lowest BCUT2D eigenvalue weighted by atomic mass is 10.4. The summed E-state index contributed by atoms with van der Waals surface area (Å²) < 4.78 is 5.50. The number of nitrogens with two attached hydrogens (primary N) is 1. The highest BCUT2D eigenvalue weighted by Crippen LogP contribution is 2.23. The topological polar surface area (TPSA) is 63.9 Å². The summed E-state index contributed by atoms with van der Waals surface area (Å²) in [5.74, 6) is 1.64. The Morgan fingerprint density at radius 1 is 1.67 bits per heavy atom. The Kier molecular flexibility index (Phi) is 5.57. The molecule has 86 valence electrons. The smallest absolute Gasteiger partial charge is 0.211 e. The van der Waals surface area contributed by atoms with Crippen molar-refractivity contribution >= 4 is 11.8 Å². The summed E-state index contributed by atoms with van der Waals surface area (Å²) >= 11 is 1.69. The molecule has 0 aromatic carbocycles. The third-order valence-corrected chi connectivity index (χ3v) is 3.12. The summed E-state index contributed by atoms with van der Waals surface area (Å²) in [6, 6.07) is 0. The van der Waals surface area contributed by atoms with Gasteiger partial charge in [0.15, 0.2) is 0 Å². The minimum atomic E-state index is 0.230. The van der Waals surface area contributed by atoms with Crippen LogP contribution in [0.2, 0.25) is 0 Å². The molecule has 1 rings (SSSR count). The van der Waals surface area contributed by atoms with Crippen LogP contribution >= 0.6 is 11.8 Å². The lowest BCUT2D eigenvalue weighted by Crippen LogP contribution is -2.10. The van der Waals surface area contributed by atoms with Crippen LogP contribution in [0, 0.1) is 0 Å². The molecule has 0 aliphatic heterocycles. The number of hydrogen-bond acceptors (Lipinski definition) is 4. The average molecular weight is 229 g/mol. The van der Waals surface area contributed by atoms with E-state index in [1.165, 1.54) is 0 Å². The minimum Gasteiger partial charge on any atom is -0.478 e. The first-order chi connectivity index (χ1) is 7.31. The van der Waals surface area contributed by atoms with Gasteiger partial charge in [-0.1, -0.05) is 13.3 Å². The molecule has 0 radical (unpaired) electrons. The molecule has 0 fully saturated rings. The quantitative estimate of drug-likeness (QED) is 0.701. The molecule has 1 atom stereocenters. The normalized spacial score (nSPS) is 12.7. The van der Waals surface area contributed by atoms with Crippen molar-refractivity contribution in [3.05, 3.63) is 12.0 Å². The number of rotatable bonds is 7. The van der Waals surface area contributed by atoms with E-state index in [9.17, 15) is 0 Å². The first kappa shape index (κ1) is 12.4. The number of unbranched alkanes of at least 4 members (excludes halogenated alkanes) is 1. The van der Waals surface area contributed by atoms with Gasteiger partial charge >= 0.3 is 0 Å².